The molecule has 3 heterocycles. The monoisotopic (exact) mass is 599 g/mol. The van der Waals surface area contributed by atoms with Gasteiger partial charge in [-0.25, -0.2) is 8.78 Å². The summed E-state index contributed by atoms with van der Waals surface area (Å²) in [4.78, 5) is 27.3. The molecule has 1 aromatic heterocycles. The fourth-order valence-electron chi connectivity index (χ4n) is 5.80. The average Bonchev–Trinajstić information content (AvgIpc) is 2.98. The van der Waals surface area contributed by atoms with Crippen LogP contribution in [0.2, 0.25) is 5.02 Å². The van der Waals surface area contributed by atoms with Crippen LogP contribution in [0.15, 0.2) is 36.9 Å². The number of hydrogen-bond acceptors (Lipinski definition) is 7. The van der Waals surface area contributed by atoms with Gasteiger partial charge in [0.1, 0.15) is 22.9 Å². The van der Waals surface area contributed by atoms with Gasteiger partial charge in [-0.3, -0.25) is 4.79 Å². The molecule has 2 saturated heterocycles. The minimum Gasteiger partial charge on any atom is -0.507 e. The quantitative estimate of drug-likeness (QED) is 0.335. The molecule has 0 spiro atoms. The van der Waals surface area contributed by atoms with E-state index in [1.807, 2.05) is 4.90 Å². The van der Waals surface area contributed by atoms with Gasteiger partial charge in [0.05, 0.1) is 17.2 Å². The van der Waals surface area contributed by atoms with E-state index < -0.39 is 17.4 Å². The van der Waals surface area contributed by atoms with E-state index in [4.69, 9.17) is 16.3 Å². The molecule has 8 nitrogen and oxygen atoms in total. The van der Waals surface area contributed by atoms with Crippen LogP contribution in [0.1, 0.15) is 33.1 Å². The van der Waals surface area contributed by atoms with E-state index in [-0.39, 0.29) is 33.6 Å². The summed E-state index contributed by atoms with van der Waals surface area (Å²) in [5.74, 6) is -1.36. The first kappa shape index (κ1) is 30.0. The highest BCUT2D eigenvalue weighted by Gasteiger charge is 2.28. The number of hydrogen-bond donors (Lipinski definition) is 1. The molecule has 2 aromatic carbocycles. The van der Waals surface area contributed by atoms with Crippen LogP contribution >= 0.6 is 11.6 Å². The van der Waals surface area contributed by atoms with Gasteiger partial charge < -0.3 is 24.5 Å². The molecule has 5 rings (SSSR count). The predicted octanol–water partition coefficient (Wildman–Crippen LogP) is 5.66. The van der Waals surface area contributed by atoms with Crippen molar-refractivity contribution < 1.29 is 23.4 Å². The number of piperazine rings is 1. The van der Waals surface area contributed by atoms with Gasteiger partial charge in [0.2, 0.25) is 5.91 Å². The number of fused-ring (bicyclic) bond motifs is 1. The molecular weight excluding hydrogens is 564 g/mol. The number of halogens is 3. The molecule has 2 aliphatic rings. The Morgan fingerprint density at radius 2 is 1.86 bits per heavy atom. The number of aromatic hydroxyl groups is 1. The molecule has 3 aromatic rings. The van der Waals surface area contributed by atoms with Gasteiger partial charge >= 0.3 is 6.01 Å². The van der Waals surface area contributed by atoms with E-state index in [2.05, 4.69) is 35.3 Å². The maximum Gasteiger partial charge on any atom is 0.319 e. The molecule has 0 aliphatic carbocycles. The summed E-state index contributed by atoms with van der Waals surface area (Å²) in [6.45, 7) is 12.2. The van der Waals surface area contributed by atoms with E-state index in [1.54, 1.807) is 4.90 Å². The van der Waals surface area contributed by atoms with Crippen LogP contribution < -0.4 is 9.64 Å². The summed E-state index contributed by atoms with van der Waals surface area (Å²) in [6.07, 6.45) is 4.27. The van der Waals surface area contributed by atoms with Crippen LogP contribution in [0, 0.1) is 17.6 Å². The minimum atomic E-state index is -0.882. The number of nitrogens with zero attached hydrogens (tertiary/aromatic N) is 5. The topological polar surface area (TPSA) is 82.0 Å². The number of ether oxygens (including phenoxy) is 1. The molecule has 0 atom stereocenters. The molecule has 2 aliphatic heterocycles. The second kappa shape index (κ2) is 12.8. The minimum absolute atomic E-state index is 0.00615. The molecule has 0 bridgehead atoms. The van der Waals surface area contributed by atoms with Crippen molar-refractivity contribution in [2.45, 2.75) is 39.2 Å². The largest absolute Gasteiger partial charge is 0.507 e. The number of anilines is 1. The number of likely N-dealkylation sites (tertiary alicyclic amines) is 1. The van der Waals surface area contributed by atoms with Gasteiger partial charge in [-0.1, -0.05) is 24.2 Å². The molecular formula is C31H36ClF2N5O3. The fraction of sp³-hybridized carbons (Fsp3) is 0.452. The van der Waals surface area contributed by atoms with Crippen LogP contribution in [0.5, 0.6) is 11.8 Å². The molecule has 1 N–H and O–H groups in total. The van der Waals surface area contributed by atoms with Crippen LogP contribution in [0.25, 0.3) is 22.0 Å². The number of phenolic OH excluding ortho intramolecular Hbond substituents is 1. The van der Waals surface area contributed by atoms with Crippen molar-refractivity contribution >= 4 is 34.2 Å². The first-order valence-corrected chi connectivity index (χ1v) is 14.8. The Morgan fingerprint density at radius 3 is 2.50 bits per heavy atom. The van der Waals surface area contributed by atoms with Crippen LogP contribution in [-0.2, 0) is 4.79 Å². The van der Waals surface area contributed by atoms with Crippen molar-refractivity contribution in [2.24, 2.45) is 5.92 Å². The van der Waals surface area contributed by atoms with E-state index in [0.29, 0.717) is 55.9 Å². The van der Waals surface area contributed by atoms with Gasteiger partial charge in [0.25, 0.3) is 0 Å². The number of carbonyl (C=O) groups is 1. The summed E-state index contributed by atoms with van der Waals surface area (Å²) >= 11 is 6.53. The lowest BCUT2D eigenvalue weighted by atomic mass is 9.93. The summed E-state index contributed by atoms with van der Waals surface area (Å²) in [6, 6.07) is 5.76. The lowest BCUT2D eigenvalue weighted by Crippen LogP contribution is -2.48. The van der Waals surface area contributed by atoms with Crippen LogP contribution in [0.4, 0.5) is 14.6 Å². The Balaban J connectivity index is 1.47. The normalized spacial score (nSPS) is 16.8. The lowest BCUT2D eigenvalue weighted by molar-refractivity contribution is -0.126. The molecule has 42 heavy (non-hydrogen) atoms. The maximum atomic E-state index is 16.2. The molecule has 1 amide bonds. The highest BCUT2D eigenvalue weighted by molar-refractivity contribution is 6.34. The summed E-state index contributed by atoms with van der Waals surface area (Å²) < 4.78 is 37.0. The van der Waals surface area contributed by atoms with Crippen molar-refractivity contribution in [3.8, 4) is 22.9 Å². The summed E-state index contributed by atoms with van der Waals surface area (Å²) in [7, 11) is 0. The molecule has 11 heteroatoms. The first-order chi connectivity index (χ1) is 20.2. The molecule has 0 saturated carbocycles. The van der Waals surface area contributed by atoms with Crippen molar-refractivity contribution in [2.75, 3.05) is 50.8 Å². The van der Waals surface area contributed by atoms with E-state index in [1.165, 1.54) is 24.3 Å². The van der Waals surface area contributed by atoms with Crippen molar-refractivity contribution in [3.05, 3.63) is 53.6 Å². The smallest absolute Gasteiger partial charge is 0.319 e. The molecule has 2 fully saturated rings. The zero-order valence-corrected chi connectivity index (χ0v) is 24.7. The van der Waals surface area contributed by atoms with Crippen LogP contribution in [-0.4, -0.2) is 82.7 Å². The highest BCUT2D eigenvalue weighted by atomic mass is 35.5. The zero-order valence-electron chi connectivity index (χ0n) is 24.0. The number of rotatable bonds is 8. The third-order valence-corrected chi connectivity index (χ3v) is 8.58. The number of aromatic nitrogens is 2. The Bertz CT molecular complexity index is 1450. The Kier molecular flexibility index (Phi) is 9.13. The number of carbonyl (C=O) groups excluding carboxylic acids is 1. The van der Waals surface area contributed by atoms with Gasteiger partial charge in [0, 0.05) is 43.2 Å². The number of phenols is 1. The van der Waals surface area contributed by atoms with Gasteiger partial charge in [0.15, 0.2) is 5.82 Å². The van der Waals surface area contributed by atoms with Gasteiger partial charge in [-0.05, 0) is 76.4 Å². The summed E-state index contributed by atoms with van der Waals surface area (Å²) in [5, 5.41) is 10.6. The van der Waals surface area contributed by atoms with Crippen molar-refractivity contribution in [1.82, 2.24) is 19.8 Å². The molecule has 0 radical (unpaired) electrons. The standard InChI is InChI=1S/C31H36ClF2N5O3/c1-4-25(41)38-13-15-39(16-14-38)30-21-18-22(32)26(27-23(33)6-5-7-24(27)40)28(34)29(21)35-31(36-30)42-17-10-20-8-11-37(12-9-20)19(2)3/h4-7,18-20,40H,1,8-17H2,2-3H3. The average molecular weight is 600 g/mol. The number of amides is 1. The maximum absolute atomic E-state index is 16.2. The van der Waals surface area contributed by atoms with Gasteiger partial charge in [-0.15, -0.1) is 0 Å². The van der Waals surface area contributed by atoms with E-state index in [9.17, 15) is 14.3 Å². The predicted molar refractivity (Wildman–Crippen MR) is 160 cm³/mol. The van der Waals surface area contributed by atoms with Crippen LogP contribution in [0.3, 0.4) is 0 Å². The SMILES string of the molecule is C=CC(=O)N1CCN(c2nc(OCCC3CCN(C(C)C)CC3)nc3c(F)c(-c4c(O)cccc4F)c(Cl)cc23)CC1. The Labute approximate surface area is 249 Å². The van der Waals surface area contributed by atoms with Crippen molar-refractivity contribution in [3.63, 3.8) is 0 Å². The Morgan fingerprint density at radius 1 is 1.14 bits per heavy atom. The number of benzene rings is 2. The van der Waals surface area contributed by atoms with E-state index in [0.717, 1.165) is 38.4 Å². The molecule has 224 valence electrons. The third kappa shape index (κ3) is 6.15. The van der Waals surface area contributed by atoms with Crippen molar-refractivity contribution in [1.29, 1.82) is 0 Å². The first-order valence-electron chi connectivity index (χ1n) is 14.4. The second-order valence-electron chi connectivity index (χ2n) is 11.1. The highest BCUT2D eigenvalue weighted by Crippen LogP contribution is 2.42. The zero-order chi connectivity index (χ0) is 30.0. The lowest BCUT2D eigenvalue weighted by Gasteiger charge is -2.35. The number of piperidine rings is 1. The van der Waals surface area contributed by atoms with E-state index >= 15 is 4.39 Å². The second-order valence-corrected chi connectivity index (χ2v) is 11.5. The third-order valence-electron chi connectivity index (χ3n) is 8.29. The summed E-state index contributed by atoms with van der Waals surface area (Å²) in [5.41, 5.74) is -0.714. The Hall–Kier alpha value is -3.50. The fourth-order valence-corrected chi connectivity index (χ4v) is 6.08. The molecule has 0 unspecified atom stereocenters. The van der Waals surface area contributed by atoms with Gasteiger partial charge in [-0.2, -0.15) is 9.97 Å².